The fourth-order valence-corrected chi connectivity index (χ4v) is 1.71. The summed E-state index contributed by atoms with van der Waals surface area (Å²) < 4.78 is 5.33. The van der Waals surface area contributed by atoms with E-state index in [-0.39, 0.29) is 11.6 Å². The minimum atomic E-state index is -0.764. The number of nitrogens with one attached hydrogen (secondary N) is 3. The number of hydrogen-bond acceptors (Lipinski definition) is 4. The Hall–Kier alpha value is -2.05. The lowest BCUT2D eigenvalue weighted by atomic mass is 9.98. The van der Waals surface area contributed by atoms with Crippen LogP contribution in [0.2, 0.25) is 0 Å². The van der Waals surface area contributed by atoms with Gasteiger partial charge in [0.1, 0.15) is 17.3 Å². The number of aromatic nitrogens is 2. The van der Waals surface area contributed by atoms with Gasteiger partial charge in [-0.2, -0.15) is 0 Å². The molecule has 0 radical (unpaired) electrons. The summed E-state index contributed by atoms with van der Waals surface area (Å²) in [6.45, 7) is 9.08. The summed E-state index contributed by atoms with van der Waals surface area (Å²) in [7, 11) is 0. The minimum absolute atomic E-state index is 0.0804. The Morgan fingerprint density at radius 3 is 2.43 bits per heavy atom. The van der Waals surface area contributed by atoms with Crippen molar-refractivity contribution in [3.8, 4) is 0 Å². The van der Waals surface area contributed by atoms with Crippen LogP contribution in [0.5, 0.6) is 0 Å². The molecule has 0 spiro atoms. The van der Waals surface area contributed by atoms with Crippen molar-refractivity contribution in [1.82, 2.24) is 15.3 Å². The molecular formula is C14H23N3O4. The predicted octanol–water partition coefficient (Wildman–Crippen LogP) is 1.19. The van der Waals surface area contributed by atoms with E-state index in [4.69, 9.17) is 4.74 Å². The predicted molar refractivity (Wildman–Crippen MR) is 78.0 cm³/mol. The lowest BCUT2D eigenvalue weighted by Crippen LogP contribution is -2.48. The van der Waals surface area contributed by atoms with Gasteiger partial charge in [0.2, 0.25) is 0 Å². The fraction of sp³-hybridized carbons (Fsp3) is 0.643. The quantitative estimate of drug-likeness (QED) is 0.710. The van der Waals surface area contributed by atoms with Crippen molar-refractivity contribution < 1.29 is 14.3 Å². The SMILES string of the molecule is CC[C@H](C)[C@H](NC(=O)c1c[nH]c(=O)[nH]1)C(=O)OC(C)(C)C. The van der Waals surface area contributed by atoms with E-state index in [1.165, 1.54) is 6.20 Å². The molecule has 0 aliphatic rings. The molecule has 3 N–H and O–H groups in total. The second-order valence-corrected chi connectivity index (χ2v) is 6.03. The molecule has 7 nitrogen and oxygen atoms in total. The highest BCUT2D eigenvalue weighted by Crippen LogP contribution is 2.15. The van der Waals surface area contributed by atoms with Gasteiger partial charge < -0.3 is 20.0 Å². The van der Waals surface area contributed by atoms with Gasteiger partial charge in [0.05, 0.1) is 0 Å². The van der Waals surface area contributed by atoms with Crippen LogP contribution in [0, 0.1) is 5.92 Å². The Morgan fingerprint density at radius 1 is 1.38 bits per heavy atom. The fourth-order valence-electron chi connectivity index (χ4n) is 1.71. The lowest BCUT2D eigenvalue weighted by Gasteiger charge is -2.27. The van der Waals surface area contributed by atoms with Crippen molar-refractivity contribution in [2.45, 2.75) is 52.7 Å². The highest BCUT2D eigenvalue weighted by Gasteiger charge is 2.30. The molecular weight excluding hydrogens is 274 g/mol. The first-order valence-electron chi connectivity index (χ1n) is 6.95. The topological polar surface area (TPSA) is 104 Å². The number of hydrogen-bond donors (Lipinski definition) is 3. The number of esters is 1. The monoisotopic (exact) mass is 297 g/mol. The summed E-state index contributed by atoms with van der Waals surface area (Å²) in [6.07, 6.45) is 1.97. The Bertz CT molecular complexity index is 553. The standard InChI is InChI=1S/C14H23N3O4/c1-6-8(2)10(12(19)21-14(3,4)5)17-11(18)9-7-15-13(20)16-9/h7-8,10H,6H2,1-5H3,(H,17,18)(H2,15,16,20)/t8-,10-/m0/s1. The van der Waals surface area contributed by atoms with E-state index in [1.54, 1.807) is 20.8 Å². The maximum Gasteiger partial charge on any atom is 0.329 e. The maximum atomic E-state index is 12.2. The molecule has 0 saturated carbocycles. The van der Waals surface area contributed by atoms with Crippen LogP contribution in [-0.4, -0.2) is 33.5 Å². The summed E-state index contributed by atoms with van der Waals surface area (Å²) in [5.41, 5.74) is -1.02. The minimum Gasteiger partial charge on any atom is -0.458 e. The number of H-pyrrole nitrogens is 2. The highest BCUT2D eigenvalue weighted by molar-refractivity contribution is 5.95. The molecule has 0 saturated heterocycles. The molecule has 0 aromatic carbocycles. The number of rotatable bonds is 5. The molecule has 1 rings (SSSR count). The molecule has 0 bridgehead atoms. The average Bonchev–Trinajstić information content (AvgIpc) is 2.79. The molecule has 7 heteroatoms. The van der Waals surface area contributed by atoms with Gasteiger partial charge in [0, 0.05) is 6.20 Å². The number of carbonyl (C=O) groups is 2. The van der Waals surface area contributed by atoms with E-state index in [1.807, 2.05) is 13.8 Å². The van der Waals surface area contributed by atoms with Gasteiger partial charge >= 0.3 is 11.7 Å². The van der Waals surface area contributed by atoms with E-state index in [2.05, 4.69) is 15.3 Å². The number of amides is 1. The molecule has 1 heterocycles. The van der Waals surface area contributed by atoms with Crippen LogP contribution in [0.15, 0.2) is 11.0 Å². The second kappa shape index (κ2) is 6.60. The van der Waals surface area contributed by atoms with Gasteiger partial charge in [-0.1, -0.05) is 20.3 Å². The number of carbonyl (C=O) groups excluding carboxylic acids is 2. The third-order valence-corrected chi connectivity index (χ3v) is 3.00. The Morgan fingerprint density at radius 2 is 2.00 bits per heavy atom. The summed E-state index contributed by atoms with van der Waals surface area (Å²) >= 11 is 0. The van der Waals surface area contributed by atoms with Crippen LogP contribution in [0.4, 0.5) is 0 Å². The maximum absolute atomic E-state index is 12.2. The molecule has 0 fully saturated rings. The Labute approximate surface area is 123 Å². The van der Waals surface area contributed by atoms with E-state index < -0.39 is 29.2 Å². The summed E-state index contributed by atoms with van der Waals surface area (Å²) in [6, 6.07) is -0.764. The van der Waals surface area contributed by atoms with Crippen LogP contribution in [0.25, 0.3) is 0 Å². The average molecular weight is 297 g/mol. The second-order valence-electron chi connectivity index (χ2n) is 6.03. The van der Waals surface area contributed by atoms with Crippen LogP contribution >= 0.6 is 0 Å². The zero-order valence-electron chi connectivity index (χ0n) is 13.1. The molecule has 2 atom stereocenters. The molecule has 0 aliphatic carbocycles. The molecule has 0 unspecified atom stereocenters. The lowest BCUT2D eigenvalue weighted by molar-refractivity contribution is -0.158. The van der Waals surface area contributed by atoms with Gasteiger partial charge in [-0.3, -0.25) is 4.79 Å². The third kappa shape index (κ3) is 5.09. The summed E-state index contributed by atoms with van der Waals surface area (Å²) in [5.74, 6) is -1.10. The number of ether oxygens (including phenoxy) is 1. The first-order valence-corrected chi connectivity index (χ1v) is 6.95. The van der Waals surface area contributed by atoms with Crippen LogP contribution in [0.1, 0.15) is 51.5 Å². The Balaban J connectivity index is 2.86. The molecule has 0 aliphatic heterocycles. The first kappa shape index (κ1) is 17.0. The van der Waals surface area contributed by atoms with Gasteiger partial charge in [-0.25, -0.2) is 9.59 Å². The zero-order chi connectivity index (χ0) is 16.2. The smallest absolute Gasteiger partial charge is 0.329 e. The molecule has 1 aromatic heterocycles. The number of imidazole rings is 1. The molecule has 118 valence electrons. The van der Waals surface area contributed by atoms with Crippen LogP contribution in [0.3, 0.4) is 0 Å². The van der Waals surface area contributed by atoms with Crippen LogP contribution < -0.4 is 11.0 Å². The Kier molecular flexibility index (Phi) is 5.34. The van der Waals surface area contributed by atoms with Crippen molar-refractivity contribution in [2.75, 3.05) is 0 Å². The van der Waals surface area contributed by atoms with Gasteiger partial charge in [0.25, 0.3) is 5.91 Å². The van der Waals surface area contributed by atoms with E-state index in [0.717, 1.165) is 0 Å². The van der Waals surface area contributed by atoms with E-state index in [9.17, 15) is 14.4 Å². The highest BCUT2D eigenvalue weighted by atomic mass is 16.6. The van der Waals surface area contributed by atoms with Crippen LogP contribution in [-0.2, 0) is 9.53 Å². The van der Waals surface area contributed by atoms with Crippen molar-refractivity contribution in [3.05, 3.63) is 22.4 Å². The first-order chi connectivity index (χ1) is 9.64. The van der Waals surface area contributed by atoms with Gasteiger partial charge in [-0.15, -0.1) is 0 Å². The van der Waals surface area contributed by atoms with Gasteiger partial charge in [0.15, 0.2) is 0 Å². The molecule has 1 aromatic rings. The summed E-state index contributed by atoms with van der Waals surface area (Å²) in [5, 5.41) is 2.62. The largest absolute Gasteiger partial charge is 0.458 e. The van der Waals surface area contributed by atoms with Crippen molar-refractivity contribution in [1.29, 1.82) is 0 Å². The van der Waals surface area contributed by atoms with Crippen molar-refractivity contribution in [2.24, 2.45) is 5.92 Å². The molecule has 1 amide bonds. The summed E-state index contributed by atoms with van der Waals surface area (Å²) in [4.78, 5) is 40.0. The van der Waals surface area contributed by atoms with E-state index >= 15 is 0 Å². The number of aromatic amines is 2. The van der Waals surface area contributed by atoms with E-state index in [0.29, 0.717) is 6.42 Å². The van der Waals surface area contributed by atoms with Gasteiger partial charge in [-0.05, 0) is 26.7 Å². The normalized spacial score (nSPS) is 14.3. The van der Waals surface area contributed by atoms with Crippen molar-refractivity contribution >= 4 is 11.9 Å². The molecule has 21 heavy (non-hydrogen) atoms. The van der Waals surface area contributed by atoms with Crippen molar-refractivity contribution in [3.63, 3.8) is 0 Å². The third-order valence-electron chi connectivity index (χ3n) is 3.00. The zero-order valence-corrected chi connectivity index (χ0v) is 13.1.